The molecule has 0 radical (unpaired) electrons. The summed E-state index contributed by atoms with van der Waals surface area (Å²) in [5, 5.41) is 11.6. The molecule has 0 aliphatic carbocycles. The average molecular weight is 392 g/mol. The first-order valence-electron chi connectivity index (χ1n) is 9.40. The predicted molar refractivity (Wildman–Crippen MR) is 107 cm³/mol. The second kappa shape index (κ2) is 7.42. The highest BCUT2D eigenvalue weighted by Gasteiger charge is 2.39. The number of anilines is 1. The van der Waals surface area contributed by atoms with E-state index in [9.17, 15) is 14.9 Å². The number of nitrogens with zero attached hydrogens (tertiary/aromatic N) is 6. The number of benzene rings is 1. The van der Waals surface area contributed by atoms with Crippen molar-refractivity contribution < 1.29 is 9.72 Å². The molecule has 3 heterocycles. The Hall–Kier alpha value is -3.62. The fraction of sp³-hybridized carbons (Fsp3) is 0.300. The smallest absolute Gasteiger partial charge is 0.287 e. The minimum absolute atomic E-state index is 0.0360. The molecule has 1 saturated heterocycles. The molecule has 1 fully saturated rings. The Morgan fingerprint density at radius 2 is 1.97 bits per heavy atom. The van der Waals surface area contributed by atoms with E-state index in [2.05, 4.69) is 15.0 Å². The predicted octanol–water partition coefficient (Wildman–Crippen LogP) is 3.39. The number of rotatable bonds is 5. The van der Waals surface area contributed by atoms with Crippen molar-refractivity contribution in [3.8, 4) is 17.3 Å². The van der Waals surface area contributed by atoms with Gasteiger partial charge in [-0.15, -0.1) is 0 Å². The third kappa shape index (κ3) is 3.35. The molecule has 4 rings (SSSR count). The topological polar surface area (TPSA) is 107 Å². The van der Waals surface area contributed by atoms with Gasteiger partial charge in [-0.1, -0.05) is 44.2 Å². The summed E-state index contributed by atoms with van der Waals surface area (Å²) in [5.74, 6) is 0.856. The molecule has 2 aromatic heterocycles. The summed E-state index contributed by atoms with van der Waals surface area (Å²) in [4.78, 5) is 38.1. The Bertz CT molecular complexity index is 1060. The molecular formula is C20H20N6O3. The van der Waals surface area contributed by atoms with E-state index in [0.717, 1.165) is 11.8 Å². The van der Waals surface area contributed by atoms with Crippen LogP contribution in [-0.2, 0) is 4.79 Å². The molecule has 0 bridgehead atoms. The maximum Gasteiger partial charge on any atom is 0.330 e. The molecule has 1 amide bonds. The number of nitro groups is 1. The van der Waals surface area contributed by atoms with Crippen LogP contribution in [0.2, 0.25) is 0 Å². The first-order valence-corrected chi connectivity index (χ1v) is 9.40. The highest BCUT2D eigenvalue weighted by Crippen LogP contribution is 2.35. The Labute approximate surface area is 167 Å². The van der Waals surface area contributed by atoms with Crippen molar-refractivity contribution in [2.45, 2.75) is 32.7 Å². The molecule has 1 aliphatic rings. The van der Waals surface area contributed by atoms with Crippen molar-refractivity contribution in [2.75, 3.05) is 4.90 Å². The largest absolute Gasteiger partial charge is 0.330 e. The number of amides is 1. The lowest BCUT2D eigenvalue weighted by Gasteiger charge is -2.26. The molecule has 29 heavy (non-hydrogen) atoms. The summed E-state index contributed by atoms with van der Waals surface area (Å²) in [6.07, 6.45) is 5.46. The minimum atomic E-state index is -0.548. The average Bonchev–Trinajstić information content (AvgIpc) is 3.35. The van der Waals surface area contributed by atoms with Gasteiger partial charge >= 0.3 is 5.69 Å². The number of hydrogen-bond acceptors (Lipinski definition) is 6. The molecule has 9 nitrogen and oxygen atoms in total. The summed E-state index contributed by atoms with van der Waals surface area (Å²) in [6, 6.07) is 9.37. The number of imidazole rings is 1. The van der Waals surface area contributed by atoms with Gasteiger partial charge in [0.2, 0.25) is 17.7 Å². The quantitative estimate of drug-likeness (QED) is 0.487. The van der Waals surface area contributed by atoms with Gasteiger partial charge in [0.1, 0.15) is 12.0 Å². The molecule has 1 atom stereocenters. The van der Waals surface area contributed by atoms with E-state index >= 15 is 0 Å². The van der Waals surface area contributed by atoms with Crippen molar-refractivity contribution in [1.29, 1.82) is 0 Å². The Morgan fingerprint density at radius 3 is 2.66 bits per heavy atom. The van der Waals surface area contributed by atoms with E-state index in [-0.39, 0.29) is 35.3 Å². The lowest BCUT2D eigenvalue weighted by molar-refractivity contribution is -0.384. The lowest BCUT2D eigenvalue weighted by atomic mass is 10.0. The van der Waals surface area contributed by atoms with E-state index < -0.39 is 4.92 Å². The zero-order valence-corrected chi connectivity index (χ0v) is 16.1. The van der Waals surface area contributed by atoms with Gasteiger partial charge in [0.05, 0.1) is 4.92 Å². The van der Waals surface area contributed by atoms with Crippen LogP contribution in [0.1, 0.15) is 26.7 Å². The third-order valence-electron chi connectivity index (χ3n) is 5.07. The number of carbonyl (C=O) groups excluding carboxylic acids is 1. The van der Waals surface area contributed by atoms with Gasteiger partial charge in [0.25, 0.3) is 0 Å². The van der Waals surface area contributed by atoms with Crippen LogP contribution >= 0.6 is 0 Å². The van der Waals surface area contributed by atoms with Crippen LogP contribution in [-0.4, -0.2) is 36.4 Å². The molecule has 0 N–H and O–H groups in total. The van der Waals surface area contributed by atoms with Gasteiger partial charge in [-0.05, 0) is 12.3 Å². The van der Waals surface area contributed by atoms with E-state index in [1.165, 1.54) is 4.90 Å². The van der Waals surface area contributed by atoms with E-state index in [0.29, 0.717) is 18.7 Å². The molecule has 3 aromatic rings. The number of aromatic nitrogens is 4. The van der Waals surface area contributed by atoms with Gasteiger partial charge in [-0.3, -0.25) is 24.4 Å². The zero-order chi connectivity index (χ0) is 20.5. The summed E-state index contributed by atoms with van der Waals surface area (Å²) < 4.78 is 1.66. The Morgan fingerprint density at radius 1 is 1.21 bits per heavy atom. The summed E-state index contributed by atoms with van der Waals surface area (Å²) >= 11 is 0. The summed E-state index contributed by atoms with van der Waals surface area (Å²) in [5.41, 5.74) is 0.578. The summed E-state index contributed by atoms with van der Waals surface area (Å²) in [6.45, 7) is 3.99. The molecule has 9 heteroatoms. The lowest BCUT2D eigenvalue weighted by Crippen LogP contribution is -2.37. The summed E-state index contributed by atoms with van der Waals surface area (Å²) in [7, 11) is 0. The number of hydrogen-bond donors (Lipinski definition) is 0. The molecule has 1 aliphatic heterocycles. The number of carbonyl (C=O) groups is 1. The monoisotopic (exact) mass is 392 g/mol. The second-order valence-electron chi connectivity index (χ2n) is 7.24. The molecule has 148 valence electrons. The normalized spacial score (nSPS) is 16.6. The third-order valence-corrected chi connectivity index (χ3v) is 5.07. The molecule has 0 unspecified atom stereocenters. The first kappa shape index (κ1) is 18.7. The van der Waals surface area contributed by atoms with Crippen molar-refractivity contribution in [3.05, 3.63) is 59.0 Å². The SMILES string of the molecule is CC(C)[C@H]1CCC(=O)N1c1nc(-n2ccnc2-c2ccccc2)ncc1[N+](=O)[O-]. The van der Waals surface area contributed by atoms with Crippen LogP contribution in [0.4, 0.5) is 11.5 Å². The molecule has 1 aromatic carbocycles. The maximum absolute atomic E-state index is 12.6. The van der Waals surface area contributed by atoms with Crippen LogP contribution in [0, 0.1) is 16.0 Å². The highest BCUT2D eigenvalue weighted by molar-refractivity contribution is 5.97. The van der Waals surface area contributed by atoms with Crippen molar-refractivity contribution in [1.82, 2.24) is 19.5 Å². The van der Waals surface area contributed by atoms with Gasteiger partial charge in [-0.25, -0.2) is 9.97 Å². The van der Waals surface area contributed by atoms with E-state index in [1.807, 2.05) is 44.2 Å². The second-order valence-corrected chi connectivity index (χ2v) is 7.24. The van der Waals surface area contributed by atoms with Crippen molar-refractivity contribution in [3.63, 3.8) is 0 Å². The fourth-order valence-electron chi connectivity index (χ4n) is 3.66. The van der Waals surface area contributed by atoms with Gasteiger partial charge in [-0.2, -0.15) is 4.98 Å². The van der Waals surface area contributed by atoms with Crippen LogP contribution in [0.5, 0.6) is 0 Å². The van der Waals surface area contributed by atoms with Crippen LogP contribution in [0.15, 0.2) is 48.9 Å². The first-order chi connectivity index (χ1) is 14.0. The van der Waals surface area contributed by atoms with Crippen LogP contribution in [0.3, 0.4) is 0 Å². The van der Waals surface area contributed by atoms with E-state index in [4.69, 9.17) is 0 Å². The molecule has 0 spiro atoms. The van der Waals surface area contributed by atoms with E-state index in [1.54, 1.807) is 17.0 Å². The Balaban J connectivity index is 1.85. The zero-order valence-electron chi connectivity index (χ0n) is 16.1. The minimum Gasteiger partial charge on any atom is -0.287 e. The molecular weight excluding hydrogens is 372 g/mol. The van der Waals surface area contributed by atoms with Crippen LogP contribution in [0.25, 0.3) is 17.3 Å². The van der Waals surface area contributed by atoms with Gasteiger partial charge in [0.15, 0.2) is 0 Å². The van der Waals surface area contributed by atoms with Gasteiger partial charge in [0, 0.05) is 30.4 Å². The Kier molecular flexibility index (Phi) is 4.79. The van der Waals surface area contributed by atoms with Crippen LogP contribution < -0.4 is 4.90 Å². The van der Waals surface area contributed by atoms with Crippen molar-refractivity contribution in [2.24, 2.45) is 5.92 Å². The highest BCUT2D eigenvalue weighted by atomic mass is 16.6. The van der Waals surface area contributed by atoms with Gasteiger partial charge < -0.3 is 0 Å². The fourth-order valence-corrected chi connectivity index (χ4v) is 3.66. The standard InChI is InChI=1S/C20H20N6O3/c1-13(2)15-8-9-17(27)25(15)19-16(26(28)29)12-22-20(23-19)24-11-10-21-18(24)14-6-4-3-5-7-14/h3-7,10-13,15H,8-9H2,1-2H3/t15-/m1/s1. The van der Waals surface area contributed by atoms with Crippen molar-refractivity contribution >= 4 is 17.4 Å². The maximum atomic E-state index is 12.6. The molecule has 0 saturated carbocycles.